The molecule has 1 N–H and O–H groups in total. The number of likely N-dealkylation sites (N-methyl/N-ethyl adjacent to an activating group) is 2. The maximum Gasteiger partial charge on any atom is 0.243 e. The van der Waals surface area contributed by atoms with Crippen molar-refractivity contribution in [2.24, 2.45) is 0 Å². The number of piperazine rings is 1. The zero-order valence-electron chi connectivity index (χ0n) is 16.9. The van der Waals surface area contributed by atoms with Crippen LogP contribution in [-0.2, 0) is 21.4 Å². The maximum atomic E-state index is 12.6. The molecule has 1 fully saturated rings. The van der Waals surface area contributed by atoms with E-state index in [0.717, 1.165) is 41.7 Å². The van der Waals surface area contributed by atoms with Gasteiger partial charge in [0.2, 0.25) is 15.9 Å². The quantitative estimate of drug-likeness (QED) is 0.738. The topological polar surface area (TPSA) is 73.0 Å². The number of nitrogens with one attached hydrogen (secondary N) is 1. The fourth-order valence-electron chi connectivity index (χ4n) is 3.33. The standard InChI is InChI=1S/C21H28N4O3S/c1-23-12-14-25(15-13-23)20-11-7-6-8-18(20)16-22-21(26)17-24(2)29(27,28)19-9-4-3-5-10-19/h3-11H,12-17H2,1-2H3,(H,22,26). The van der Waals surface area contributed by atoms with E-state index in [4.69, 9.17) is 0 Å². The molecule has 8 heteroatoms. The summed E-state index contributed by atoms with van der Waals surface area (Å²) in [6, 6.07) is 16.1. The van der Waals surface area contributed by atoms with Crippen LogP contribution in [0.3, 0.4) is 0 Å². The van der Waals surface area contributed by atoms with Gasteiger partial charge in [0.25, 0.3) is 0 Å². The molecule has 0 atom stereocenters. The van der Waals surface area contributed by atoms with E-state index in [1.807, 2.05) is 18.2 Å². The largest absolute Gasteiger partial charge is 0.369 e. The molecule has 0 bridgehead atoms. The molecule has 1 aliphatic heterocycles. The highest BCUT2D eigenvalue weighted by atomic mass is 32.2. The lowest BCUT2D eigenvalue weighted by atomic mass is 10.1. The summed E-state index contributed by atoms with van der Waals surface area (Å²) in [5.74, 6) is -0.333. The van der Waals surface area contributed by atoms with Gasteiger partial charge in [-0.3, -0.25) is 4.79 Å². The first kappa shape index (κ1) is 21.3. The van der Waals surface area contributed by atoms with Crippen molar-refractivity contribution in [1.29, 1.82) is 0 Å². The molecule has 0 unspecified atom stereocenters. The zero-order valence-corrected chi connectivity index (χ0v) is 17.7. The Bertz CT molecular complexity index is 926. The van der Waals surface area contributed by atoms with Crippen molar-refractivity contribution >= 4 is 21.6 Å². The molecule has 0 spiro atoms. The van der Waals surface area contributed by atoms with Crippen LogP contribution in [0.25, 0.3) is 0 Å². The number of nitrogens with zero attached hydrogens (tertiary/aromatic N) is 3. The van der Waals surface area contributed by atoms with Crippen LogP contribution >= 0.6 is 0 Å². The summed E-state index contributed by atoms with van der Waals surface area (Å²) >= 11 is 0. The van der Waals surface area contributed by atoms with E-state index in [1.54, 1.807) is 18.2 Å². The van der Waals surface area contributed by atoms with Gasteiger partial charge in [-0.15, -0.1) is 0 Å². The minimum atomic E-state index is -3.69. The zero-order chi connectivity index (χ0) is 20.9. The van der Waals surface area contributed by atoms with E-state index in [0.29, 0.717) is 6.54 Å². The van der Waals surface area contributed by atoms with Gasteiger partial charge >= 0.3 is 0 Å². The molecule has 0 aliphatic carbocycles. The van der Waals surface area contributed by atoms with E-state index in [1.165, 1.54) is 19.2 Å². The molecule has 2 aromatic carbocycles. The molecular formula is C21H28N4O3S. The van der Waals surface area contributed by atoms with Crippen molar-refractivity contribution in [3.63, 3.8) is 0 Å². The number of amides is 1. The van der Waals surface area contributed by atoms with E-state index >= 15 is 0 Å². The number of para-hydroxylation sites is 1. The van der Waals surface area contributed by atoms with E-state index in [-0.39, 0.29) is 17.3 Å². The Morgan fingerprint density at radius 3 is 2.31 bits per heavy atom. The Labute approximate surface area is 173 Å². The Hall–Kier alpha value is -2.42. The number of carbonyl (C=O) groups excluding carboxylic acids is 1. The fourth-order valence-corrected chi connectivity index (χ4v) is 4.47. The maximum absolute atomic E-state index is 12.6. The number of sulfonamides is 1. The second-order valence-electron chi connectivity index (χ2n) is 7.27. The van der Waals surface area contributed by atoms with Crippen LogP contribution in [0.5, 0.6) is 0 Å². The third-order valence-electron chi connectivity index (χ3n) is 5.13. The van der Waals surface area contributed by atoms with Crippen LogP contribution in [-0.4, -0.2) is 70.3 Å². The van der Waals surface area contributed by atoms with Crippen molar-refractivity contribution in [3.8, 4) is 0 Å². The SMILES string of the molecule is CN1CCN(c2ccccc2CNC(=O)CN(C)S(=O)(=O)c2ccccc2)CC1. The van der Waals surface area contributed by atoms with Gasteiger partial charge in [-0.05, 0) is 30.8 Å². The van der Waals surface area contributed by atoms with E-state index in [9.17, 15) is 13.2 Å². The van der Waals surface area contributed by atoms with Crippen LogP contribution < -0.4 is 10.2 Å². The average Bonchev–Trinajstić information content (AvgIpc) is 2.73. The van der Waals surface area contributed by atoms with Crippen LogP contribution in [0, 0.1) is 0 Å². The van der Waals surface area contributed by atoms with Gasteiger partial charge in [0.1, 0.15) is 0 Å². The Morgan fingerprint density at radius 1 is 1.00 bits per heavy atom. The number of benzene rings is 2. The molecule has 1 amide bonds. The first-order valence-electron chi connectivity index (χ1n) is 9.67. The molecule has 2 aromatic rings. The van der Waals surface area contributed by atoms with Crippen molar-refractivity contribution in [3.05, 3.63) is 60.2 Å². The van der Waals surface area contributed by atoms with Gasteiger partial charge < -0.3 is 15.1 Å². The smallest absolute Gasteiger partial charge is 0.243 e. The molecule has 156 valence electrons. The van der Waals surface area contributed by atoms with Crippen LogP contribution in [0.1, 0.15) is 5.56 Å². The van der Waals surface area contributed by atoms with Crippen LogP contribution in [0.15, 0.2) is 59.5 Å². The molecule has 7 nitrogen and oxygen atoms in total. The second kappa shape index (κ2) is 9.39. The molecule has 0 aromatic heterocycles. The Morgan fingerprint density at radius 2 is 1.62 bits per heavy atom. The number of rotatable bonds is 7. The summed E-state index contributed by atoms with van der Waals surface area (Å²) in [4.78, 5) is 17.2. The first-order chi connectivity index (χ1) is 13.9. The number of hydrogen-bond donors (Lipinski definition) is 1. The predicted octanol–water partition coefficient (Wildman–Crippen LogP) is 1.38. The molecule has 0 radical (unpaired) electrons. The number of hydrogen-bond acceptors (Lipinski definition) is 5. The summed E-state index contributed by atoms with van der Waals surface area (Å²) in [7, 11) is -0.157. The highest BCUT2D eigenvalue weighted by Gasteiger charge is 2.23. The van der Waals surface area contributed by atoms with Crippen LogP contribution in [0.4, 0.5) is 5.69 Å². The lowest BCUT2D eigenvalue weighted by Crippen LogP contribution is -2.45. The monoisotopic (exact) mass is 416 g/mol. The Balaban J connectivity index is 1.60. The normalized spacial score (nSPS) is 15.5. The molecule has 1 heterocycles. The molecule has 29 heavy (non-hydrogen) atoms. The van der Waals surface area contributed by atoms with E-state index in [2.05, 4.69) is 28.2 Å². The lowest BCUT2D eigenvalue weighted by Gasteiger charge is -2.35. The minimum Gasteiger partial charge on any atom is -0.369 e. The van der Waals surface area contributed by atoms with Crippen molar-refractivity contribution in [2.75, 3.05) is 51.7 Å². The van der Waals surface area contributed by atoms with Gasteiger partial charge in [0.15, 0.2) is 0 Å². The van der Waals surface area contributed by atoms with Gasteiger partial charge in [0, 0.05) is 45.5 Å². The number of anilines is 1. The van der Waals surface area contributed by atoms with Crippen molar-refractivity contribution in [2.45, 2.75) is 11.4 Å². The summed E-state index contributed by atoms with van der Waals surface area (Å²) in [5, 5.41) is 2.86. The molecule has 1 saturated heterocycles. The summed E-state index contributed by atoms with van der Waals surface area (Å²) < 4.78 is 26.2. The van der Waals surface area contributed by atoms with Gasteiger partial charge in [0.05, 0.1) is 11.4 Å². The predicted molar refractivity (Wildman–Crippen MR) is 114 cm³/mol. The third-order valence-corrected chi connectivity index (χ3v) is 6.95. The molecule has 3 rings (SSSR count). The highest BCUT2D eigenvalue weighted by Crippen LogP contribution is 2.21. The van der Waals surface area contributed by atoms with Crippen LogP contribution in [0.2, 0.25) is 0 Å². The van der Waals surface area contributed by atoms with Gasteiger partial charge in [-0.25, -0.2) is 8.42 Å². The second-order valence-corrected chi connectivity index (χ2v) is 9.31. The highest BCUT2D eigenvalue weighted by molar-refractivity contribution is 7.89. The number of carbonyl (C=O) groups is 1. The fraction of sp³-hybridized carbons (Fsp3) is 0.381. The summed E-state index contributed by atoms with van der Waals surface area (Å²) in [5.41, 5.74) is 2.14. The van der Waals surface area contributed by atoms with Gasteiger partial charge in [-0.2, -0.15) is 4.31 Å². The minimum absolute atomic E-state index is 0.177. The molecule has 0 saturated carbocycles. The summed E-state index contributed by atoms with van der Waals surface area (Å²) in [6.07, 6.45) is 0. The molecule has 1 aliphatic rings. The van der Waals surface area contributed by atoms with E-state index < -0.39 is 10.0 Å². The first-order valence-corrected chi connectivity index (χ1v) is 11.1. The average molecular weight is 417 g/mol. The molecular weight excluding hydrogens is 388 g/mol. The van der Waals surface area contributed by atoms with Gasteiger partial charge in [-0.1, -0.05) is 36.4 Å². The Kier molecular flexibility index (Phi) is 6.89. The lowest BCUT2D eigenvalue weighted by molar-refractivity contribution is -0.121. The van der Waals surface area contributed by atoms with Crippen molar-refractivity contribution in [1.82, 2.24) is 14.5 Å². The van der Waals surface area contributed by atoms with Crippen molar-refractivity contribution < 1.29 is 13.2 Å². The summed E-state index contributed by atoms with van der Waals surface area (Å²) in [6.45, 7) is 4.03. The third kappa shape index (κ3) is 5.35.